The van der Waals surface area contributed by atoms with Gasteiger partial charge in [-0.1, -0.05) is 19.1 Å². The van der Waals surface area contributed by atoms with Gasteiger partial charge in [-0.05, 0) is 29.9 Å². The lowest BCUT2D eigenvalue weighted by Crippen LogP contribution is -2.31. The van der Waals surface area contributed by atoms with Crippen LogP contribution in [0.2, 0.25) is 0 Å². The van der Waals surface area contributed by atoms with Gasteiger partial charge in [0.05, 0.1) is 11.6 Å². The Bertz CT molecular complexity index is 412. The molecule has 1 N–H and O–H groups in total. The summed E-state index contributed by atoms with van der Waals surface area (Å²) in [5, 5.41) is 19.5. The molecular formula is C12H13NOS. The third-order valence-electron chi connectivity index (χ3n) is 3.02. The molecule has 0 spiro atoms. The zero-order valence-corrected chi connectivity index (χ0v) is 9.42. The predicted molar refractivity (Wildman–Crippen MR) is 61.6 cm³/mol. The molecule has 0 saturated carbocycles. The molecule has 0 amide bonds. The van der Waals surface area contributed by atoms with E-state index in [0.29, 0.717) is 5.56 Å². The largest absolute Gasteiger partial charge is 0.384 e. The molecule has 2 nitrogen and oxygen atoms in total. The van der Waals surface area contributed by atoms with Crippen LogP contribution in [0.4, 0.5) is 0 Å². The second-order valence-corrected chi connectivity index (χ2v) is 5.33. The van der Waals surface area contributed by atoms with Crippen molar-refractivity contribution in [2.24, 2.45) is 0 Å². The second-order valence-electron chi connectivity index (χ2n) is 3.88. The van der Waals surface area contributed by atoms with Gasteiger partial charge in [-0.2, -0.15) is 17.0 Å². The summed E-state index contributed by atoms with van der Waals surface area (Å²) < 4.78 is 0. The molecule has 0 bridgehead atoms. The van der Waals surface area contributed by atoms with Gasteiger partial charge in [0.15, 0.2) is 0 Å². The first-order valence-electron chi connectivity index (χ1n) is 5.01. The highest BCUT2D eigenvalue weighted by atomic mass is 32.2. The van der Waals surface area contributed by atoms with E-state index in [2.05, 4.69) is 6.07 Å². The number of rotatable bonds is 1. The van der Waals surface area contributed by atoms with Crippen molar-refractivity contribution >= 4 is 11.8 Å². The molecule has 1 saturated heterocycles. The van der Waals surface area contributed by atoms with Gasteiger partial charge >= 0.3 is 0 Å². The van der Waals surface area contributed by atoms with E-state index in [1.54, 1.807) is 23.9 Å². The van der Waals surface area contributed by atoms with E-state index < -0.39 is 5.60 Å². The summed E-state index contributed by atoms with van der Waals surface area (Å²) in [6.07, 6.45) is 0.772. The maximum Gasteiger partial charge on any atom is 0.102 e. The maximum absolute atomic E-state index is 10.5. The first-order chi connectivity index (χ1) is 7.16. The summed E-state index contributed by atoms with van der Waals surface area (Å²) in [4.78, 5) is 0. The van der Waals surface area contributed by atoms with Crippen LogP contribution < -0.4 is 0 Å². The third kappa shape index (κ3) is 1.75. The Balaban J connectivity index is 2.41. The molecular weight excluding hydrogens is 206 g/mol. The topological polar surface area (TPSA) is 44.0 Å². The van der Waals surface area contributed by atoms with Crippen LogP contribution in [0.1, 0.15) is 24.5 Å². The number of nitriles is 1. The lowest BCUT2D eigenvalue weighted by Gasteiger charge is -2.27. The van der Waals surface area contributed by atoms with Gasteiger partial charge in [-0.25, -0.2) is 0 Å². The van der Waals surface area contributed by atoms with Gasteiger partial charge < -0.3 is 5.11 Å². The third-order valence-corrected chi connectivity index (χ3v) is 4.34. The first-order valence-corrected chi connectivity index (χ1v) is 6.06. The van der Waals surface area contributed by atoms with Crippen molar-refractivity contribution in [3.63, 3.8) is 0 Å². The second kappa shape index (κ2) is 3.88. The lowest BCUT2D eigenvalue weighted by molar-refractivity contribution is 0.0427. The Morgan fingerprint density at radius 1 is 1.60 bits per heavy atom. The van der Waals surface area contributed by atoms with Crippen molar-refractivity contribution in [1.29, 1.82) is 5.26 Å². The Morgan fingerprint density at radius 3 is 3.00 bits per heavy atom. The van der Waals surface area contributed by atoms with Crippen molar-refractivity contribution in [3.05, 3.63) is 35.4 Å². The summed E-state index contributed by atoms with van der Waals surface area (Å²) in [6.45, 7) is 2.04. The summed E-state index contributed by atoms with van der Waals surface area (Å²) in [6, 6.07) is 9.40. The van der Waals surface area contributed by atoms with E-state index in [1.165, 1.54) is 0 Å². The quantitative estimate of drug-likeness (QED) is 0.788. The maximum atomic E-state index is 10.5. The Kier molecular flexibility index (Phi) is 2.72. The molecule has 2 rings (SSSR count). The fraction of sp³-hybridized carbons (Fsp3) is 0.417. The molecule has 3 heteroatoms. The zero-order chi connectivity index (χ0) is 10.9. The standard InChI is InChI=1S/C12H13NOS/c1-9-12(14,5-6-15-9)11-4-2-3-10(7-11)8-13/h2-4,7,9,14H,5-6H2,1H3/t9-,12-/m0/s1. The van der Waals surface area contributed by atoms with E-state index >= 15 is 0 Å². The van der Waals surface area contributed by atoms with E-state index in [0.717, 1.165) is 17.7 Å². The molecule has 0 aromatic heterocycles. The number of hydrogen-bond donors (Lipinski definition) is 1. The fourth-order valence-corrected chi connectivity index (χ4v) is 3.28. The highest BCUT2D eigenvalue weighted by Gasteiger charge is 2.40. The van der Waals surface area contributed by atoms with Crippen LogP contribution >= 0.6 is 11.8 Å². The number of benzene rings is 1. The Morgan fingerprint density at radius 2 is 2.40 bits per heavy atom. The molecule has 1 aromatic rings. The highest BCUT2D eigenvalue weighted by Crippen LogP contribution is 2.42. The van der Waals surface area contributed by atoms with Crippen molar-refractivity contribution in [1.82, 2.24) is 0 Å². The Hall–Kier alpha value is -0.980. The molecule has 2 atom stereocenters. The molecule has 15 heavy (non-hydrogen) atoms. The monoisotopic (exact) mass is 219 g/mol. The first kappa shape index (κ1) is 10.5. The van der Waals surface area contributed by atoms with Crippen LogP contribution in [0.25, 0.3) is 0 Å². The molecule has 0 aliphatic carbocycles. The molecule has 78 valence electrons. The Labute approximate surface area is 93.9 Å². The fourth-order valence-electron chi connectivity index (χ4n) is 1.97. The van der Waals surface area contributed by atoms with Gasteiger partial charge in [0.1, 0.15) is 5.60 Å². The number of hydrogen-bond acceptors (Lipinski definition) is 3. The predicted octanol–water partition coefficient (Wildman–Crippen LogP) is 2.27. The number of thioether (sulfide) groups is 1. The molecule has 0 unspecified atom stereocenters. The SMILES string of the molecule is C[C@@H]1SCC[C@@]1(O)c1cccc(C#N)c1. The van der Waals surface area contributed by atoms with E-state index in [4.69, 9.17) is 5.26 Å². The van der Waals surface area contributed by atoms with Crippen LogP contribution in [-0.2, 0) is 5.60 Å². The van der Waals surface area contributed by atoms with Gasteiger partial charge in [0.2, 0.25) is 0 Å². The minimum absolute atomic E-state index is 0.200. The summed E-state index contributed by atoms with van der Waals surface area (Å²) in [7, 11) is 0. The van der Waals surface area contributed by atoms with Gasteiger partial charge in [0, 0.05) is 5.25 Å². The van der Waals surface area contributed by atoms with Crippen LogP contribution in [0.3, 0.4) is 0 Å². The van der Waals surface area contributed by atoms with Crippen molar-refractivity contribution in [3.8, 4) is 6.07 Å². The smallest absolute Gasteiger partial charge is 0.102 e. The van der Waals surface area contributed by atoms with E-state index in [-0.39, 0.29) is 5.25 Å². The number of aliphatic hydroxyl groups is 1. The van der Waals surface area contributed by atoms with Crippen LogP contribution in [0, 0.1) is 11.3 Å². The highest BCUT2D eigenvalue weighted by molar-refractivity contribution is 8.00. The molecule has 1 fully saturated rings. The zero-order valence-electron chi connectivity index (χ0n) is 8.60. The molecule has 0 radical (unpaired) electrons. The normalized spacial score (nSPS) is 30.1. The van der Waals surface area contributed by atoms with Crippen LogP contribution in [0.15, 0.2) is 24.3 Å². The summed E-state index contributed by atoms with van der Waals surface area (Å²) in [5.41, 5.74) is 0.737. The van der Waals surface area contributed by atoms with Gasteiger partial charge in [-0.15, -0.1) is 0 Å². The van der Waals surface area contributed by atoms with Gasteiger partial charge in [0.25, 0.3) is 0 Å². The van der Waals surface area contributed by atoms with Gasteiger partial charge in [-0.3, -0.25) is 0 Å². The molecule has 1 aliphatic heterocycles. The molecule has 1 aromatic carbocycles. The average molecular weight is 219 g/mol. The minimum atomic E-state index is -0.752. The summed E-state index contributed by atoms with van der Waals surface area (Å²) >= 11 is 1.78. The van der Waals surface area contributed by atoms with Crippen molar-refractivity contribution in [2.45, 2.75) is 24.2 Å². The van der Waals surface area contributed by atoms with E-state index in [1.807, 2.05) is 19.1 Å². The minimum Gasteiger partial charge on any atom is -0.384 e. The average Bonchev–Trinajstić information content (AvgIpc) is 2.61. The molecule has 1 heterocycles. The van der Waals surface area contributed by atoms with Crippen molar-refractivity contribution < 1.29 is 5.11 Å². The summed E-state index contributed by atoms with van der Waals surface area (Å²) in [5.74, 6) is 0.981. The number of nitrogens with zero attached hydrogens (tertiary/aromatic N) is 1. The van der Waals surface area contributed by atoms with Crippen LogP contribution in [-0.4, -0.2) is 16.1 Å². The molecule has 1 aliphatic rings. The van der Waals surface area contributed by atoms with Crippen molar-refractivity contribution in [2.75, 3.05) is 5.75 Å². The van der Waals surface area contributed by atoms with E-state index in [9.17, 15) is 5.11 Å². The lowest BCUT2D eigenvalue weighted by atomic mass is 9.88. The van der Waals surface area contributed by atoms with Crippen LogP contribution in [0.5, 0.6) is 0 Å².